The van der Waals surface area contributed by atoms with Crippen molar-refractivity contribution in [2.75, 3.05) is 24.6 Å². The van der Waals surface area contributed by atoms with Crippen molar-refractivity contribution in [1.29, 1.82) is 0 Å². The zero-order chi connectivity index (χ0) is 27.1. The number of carbonyl (C=O) groups excluding carboxylic acids is 2. The number of amides is 2. The third-order valence-electron chi connectivity index (χ3n) is 6.74. The fourth-order valence-electron chi connectivity index (χ4n) is 5.03. The predicted octanol–water partition coefficient (Wildman–Crippen LogP) is 3.98. The molecule has 0 radical (unpaired) electrons. The molecule has 4 aromatic rings. The van der Waals surface area contributed by atoms with Crippen molar-refractivity contribution in [2.45, 2.75) is 11.8 Å². The van der Waals surface area contributed by atoms with Gasteiger partial charge in [-0.2, -0.15) is 0 Å². The maximum absolute atomic E-state index is 12.9. The van der Waals surface area contributed by atoms with Gasteiger partial charge in [-0.15, -0.1) is 0 Å². The second kappa shape index (κ2) is 10.9. The summed E-state index contributed by atoms with van der Waals surface area (Å²) in [5, 5.41) is 6.05. The van der Waals surface area contributed by atoms with Crippen molar-refractivity contribution in [3.8, 4) is 0 Å². The number of hydrogen-bond donors (Lipinski definition) is 8. The molecule has 200 valence electrons. The summed E-state index contributed by atoms with van der Waals surface area (Å²) in [5.41, 5.74) is 14.3. The van der Waals surface area contributed by atoms with E-state index in [2.05, 4.69) is 104 Å². The third kappa shape index (κ3) is 5.31. The van der Waals surface area contributed by atoms with Crippen LogP contribution in [0, 0.1) is 11.8 Å². The fourth-order valence-corrected chi connectivity index (χ4v) is 6.34. The number of aromatic nitrogens is 6. The van der Waals surface area contributed by atoms with Crippen LogP contribution in [0.5, 0.6) is 0 Å². The summed E-state index contributed by atoms with van der Waals surface area (Å²) in [7, 11) is 0. The van der Waals surface area contributed by atoms with Gasteiger partial charge in [-0.1, -0.05) is 0 Å². The Morgan fingerprint density at radius 1 is 0.737 bits per heavy atom. The standard InChI is InChI=1S/C22H22Br4N10O2/c23-9-1-11(33-17(9)25)19(37)29-3-7-8(4-30-20(38)12-2-10(24)18(26)34-12)16(14-6-32-22(28)36-14)15(7)13-5-31-21(27)35-13/h1-2,5-8,15-16,33-34H,3-4H2,(H,29,37)(H,30,38)(H3,27,31,35)(H3,28,32,36)/t7-,8-,15-,16-/m0/s1. The average molecular weight is 778 g/mol. The first-order valence-electron chi connectivity index (χ1n) is 11.4. The lowest BCUT2D eigenvalue weighted by Crippen LogP contribution is -2.53. The number of nitrogens with zero attached hydrogens (tertiary/aromatic N) is 2. The second-order valence-corrected chi connectivity index (χ2v) is 12.2. The highest BCUT2D eigenvalue weighted by molar-refractivity contribution is 9.13. The Balaban J connectivity index is 1.40. The van der Waals surface area contributed by atoms with E-state index < -0.39 is 0 Å². The number of halogens is 4. The van der Waals surface area contributed by atoms with Gasteiger partial charge < -0.3 is 42.0 Å². The summed E-state index contributed by atoms with van der Waals surface area (Å²) in [4.78, 5) is 46.4. The lowest BCUT2D eigenvalue weighted by Gasteiger charge is -2.51. The Morgan fingerprint density at radius 2 is 1.13 bits per heavy atom. The molecule has 0 aromatic carbocycles. The van der Waals surface area contributed by atoms with E-state index in [1.807, 2.05) is 0 Å². The van der Waals surface area contributed by atoms with Gasteiger partial charge in [0.05, 0.1) is 30.5 Å². The quantitative estimate of drug-likeness (QED) is 0.133. The predicted molar refractivity (Wildman–Crippen MR) is 156 cm³/mol. The van der Waals surface area contributed by atoms with Gasteiger partial charge in [-0.3, -0.25) is 9.59 Å². The van der Waals surface area contributed by atoms with E-state index in [0.717, 1.165) is 20.3 Å². The molecule has 1 aliphatic rings. The number of carbonyl (C=O) groups is 2. The SMILES string of the molecule is Nc1ncc([C@@H]2[C@@H](CNC(=O)c3cc(Br)c(Br)[nH]3)[C@H](CNC(=O)c3cc(Br)c(Br)[nH]3)[C@H]2c2cnc(N)[nH]2)[nH]1. The fraction of sp³-hybridized carbons (Fsp3) is 0.273. The summed E-state index contributed by atoms with van der Waals surface area (Å²) in [6.45, 7) is 0.688. The van der Waals surface area contributed by atoms with Gasteiger partial charge in [-0.25, -0.2) is 9.97 Å². The number of aromatic amines is 4. The monoisotopic (exact) mass is 774 g/mol. The number of imidazole rings is 2. The van der Waals surface area contributed by atoms with E-state index in [1.54, 1.807) is 24.5 Å². The number of nitrogens with two attached hydrogens (primary N) is 2. The van der Waals surface area contributed by atoms with Gasteiger partial charge in [0.25, 0.3) is 11.8 Å². The molecule has 5 rings (SSSR count). The topological polar surface area (TPSA) is 199 Å². The highest BCUT2D eigenvalue weighted by Crippen LogP contribution is 2.56. The van der Waals surface area contributed by atoms with Crippen LogP contribution in [0.4, 0.5) is 11.9 Å². The Hall–Kier alpha value is -2.56. The smallest absolute Gasteiger partial charge is 0.267 e. The molecule has 10 N–H and O–H groups in total. The van der Waals surface area contributed by atoms with E-state index in [9.17, 15) is 9.59 Å². The molecule has 4 heterocycles. The van der Waals surface area contributed by atoms with Crippen LogP contribution in [-0.2, 0) is 0 Å². The average Bonchev–Trinajstić information content (AvgIpc) is 3.63. The highest BCUT2D eigenvalue weighted by atomic mass is 79.9. The minimum absolute atomic E-state index is 0.0717. The first kappa shape index (κ1) is 27.0. The Bertz CT molecular complexity index is 1340. The number of nitrogens with one attached hydrogen (secondary N) is 6. The lowest BCUT2D eigenvalue weighted by atomic mass is 9.54. The van der Waals surface area contributed by atoms with Gasteiger partial charge in [0.1, 0.15) is 11.4 Å². The molecule has 2 amide bonds. The zero-order valence-electron chi connectivity index (χ0n) is 19.4. The van der Waals surface area contributed by atoms with E-state index in [0.29, 0.717) is 45.6 Å². The Labute approximate surface area is 249 Å². The van der Waals surface area contributed by atoms with Gasteiger partial charge in [0.15, 0.2) is 11.9 Å². The Kier molecular flexibility index (Phi) is 7.75. The molecule has 0 unspecified atom stereocenters. The van der Waals surface area contributed by atoms with Gasteiger partial charge in [0, 0.05) is 36.3 Å². The molecule has 4 aromatic heterocycles. The molecule has 0 bridgehead atoms. The van der Waals surface area contributed by atoms with Crippen LogP contribution in [0.1, 0.15) is 44.2 Å². The summed E-state index contributed by atoms with van der Waals surface area (Å²) in [6, 6.07) is 3.40. The lowest BCUT2D eigenvalue weighted by molar-refractivity contribution is 0.0674. The maximum atomic E-state index is 12.9. The molecule has 12 nitrogen and oxygen atoms in total. The van der Waals surface area contributed by atoms with Crippen LogP contribution in [-0.4, -0.2) is 54.8 Å². The maximum Gasteiger partial charge on any atom is 0.267 e. The van der Waals surface area contributed by atoms with Gasteiger partial charge in [0.2, 0.25) is 0 Å². The van der Waals surface area contributed by atoms with Crippen LogP contribution < -0.4 is 22.1 Å². The van der Waals surface area contributed by atoms with E-state index in [1.165, 1.54) is 0 Å². The minimum atomic E-state index is -0.252. The molecule has 1 saturated carbocycles. The van der Waals surface area contributed by atoms with E-state index >= 15 is 0 Å². The van der Waals surface area contributed by atoms with Crippen LogP contribution >= 0.6 is 63.7 Å². The normalized spacial score (nSPS) is 20.7. The van der Waals surface area contributed by atoms with E-state index in [4.69, 9.17) is 11.5 Å². The first-order valence-corrected chi connectivity index (χ1v) is 14.5. The number of rotatable bonds is 8. The van der Waals surface area contributed by atoms with Crippen LogP contribution in [0.3, 0.4) is 0 Å². The molecule has 16 heteroatoms. The van der Waals surface area contributed by atoms with Crippen molar-refractivity contribution < 1.29 is 9.59 Å². The Morgan fingerprint density at radius 3 is 1.42 bits per heavy atom. The van der Waals surface area contributed by atoms with Crippen molar-refractivity contribution in [3.05, 3.63) is 65.5 Å². The zero-order valence-corrected chi connectivity index (χ0v) is 25.8. The molecule has 0 aliphatic heterocycles. The number of H-pyrrole nitrogens is 4. The van der Waals surface area contributed by atoms with Crippen LogP contribution in [0.2, 0.25) is 0 Å². The van der Waals surface area contributed by atoms with Crippen LogP contribution in [0.15, 0.2) is 42.7 Å². The van der Waals surface area contributed by atoms with Crippen molar-refractivity contribution in [1.82, 2.24) is 40.5 Å². The van der Waals surface area contributed by atoms with Crippen molar-refractivity contribution >= 4 is 87.4 Å². The second-order valence-electron chi connectivity index (χ2n) is 8.94. The number of nitrogen functional groups attached to an aromatic ring is 2. The van der Waals surface area contributed by atoms with Gasteiger partial charge in [-0.05, 0) is 87.7 Å². The molecule has 1 fully saturated rings. The first-order chi connectivity index (χ1) is 18.1. The summed E-state index contributed by atoms with van der Waals surface area (Å²) in [6.07, 6.45) is 3.40. The molecule has 4 atom stereocenters. The molecular weight excluding hydrogens is 756 g/mol. The molecule has 0 saturated heterocycles. The number of hydrogen-bond acceptors (Lipinski definition) is 6. The van der Waals surface area contributed by atoms with Crippen molar-refractivity contribution in [3.63, 3.8) is 0 Å². The van der Waals surface area contributed by atoms with Crippen LogP contribution in [0.25, 0.3) is 0 Å². The largest absolute Gasteiger partial charge is 0.369 e. The number of anilines is 2. The third-order valence-corrected chi connectivity index (χ3v) is 10.3. The molecule has 0 spiro atoms. The summed E-state index contributed by atoms with van der Waals surface area (Å²) < 4.78 is 2.85. The minimum Gasteiger partial charge on any atom is -0.369 e. The molecular formula is C22H22Br4N10O2. The molecule has 1 aliphatic carbocycles. The molecule has 38 heavy (non-hydrogen) atoms. The van der Waals surface area contributed by atoms with Gasteiger partial charge >= 0.3 is 0 Å². The summed E-state index contributed by atoms with van der Waals surface area (Å²) in [5.74, 6) is -0.252. The summed E-state index contributed by atoms with van der Waals surface area (Å²) >= 11 is 13.5. The van der Waals surface area contributed by atoms with E-state index in [-0.39, 0.29) is 35.5 Å². The highest BCUT2D eigenvalue weighted by Gasteiger charge is 2.53. The van der Waals surface area contributed by atoms with Crippen molar-refractivity contribution in [2.24, 2.45) is 11.8 Å².